The van der Waals surface area contributed by atoms with Crippen molar-refractivity contribution in [2.24, 2.45) is 10.2 Å². The van der Waals surface area contributed by atoms with Crippen LogP contribution in [-0.2, 0) is 12.0 Å². The van der Waals surface area contributed by atoms with Crippen molar-refractivity contribution in [3.63, 3.8) is 0 Å². The summed E-state index contributed by atoms with van der Waals surface area (Å²) in [6.45, 7) is 27.5. The highest BCUT2D eigenvalue weighted by atomic mass is 31.0. The van der Waals surface area contributed by atoms with E-state index in [1.165, 1.54) is 11.3 Å². The number of benzene rings is 1. The molecule has 2 unspecified atom stereocenters. The molecule has 0 amide bonds. The topological polar surface area (TPSA) is 62.2 Å². The van der Waals surface area contributed by atoms with Gasteiger partial charge in [-0.15, -0.1) is 5.11 Å². The zero-order chi connectivity index (χ0) is 24.6. The normalized spacial score (nSPS) is 17.9. The summed E-state index contributed by atoms with van der Waals surface area (Å²) in [5.74, 6) is 0.967. The van der Waals surface area contributed by atoms with Gasteiger partial charge in [-0.1, -0.05) is 37.1 Å². The zero-order valence-corrected chi connectivity index (χ0v) is 22.5. The van der Waals surface area contributed by atoms with Crippen molar-refractivity contribution in [1.82, 2.24) is 14.9 Å². The number of fused-ring (bicyclic) bond motifs is 1. The number of hydrogen-bond donors (Lipinski definition) is 1. The maximum absolute atomic E-state index is 7.80. The van der Waals surface area contributed by atoms with Crippen LogP contribution in [-0.4, -0.2) is 28.4 Å². The van der Waals surface area contributed by atoms with Crippen LogP contribution in [0, 0.1) is 13.5 Å². The van der Waals surface area contributed by atoms with E-state index in [9.17, 15) is 0 Å². The first-order valence-corrected chi connectivity index (χ1v) is 12.3. The fourth-order valence-electron chi connectivity index (χ4n) is 4.91. The van der Waals surface area contributed by atoms with E-state index in [4.69, 9.17) is 11.7 Å². The molecule has 0 aliphatic carbocycles. The van der Waals surface area contributed by atoms with Gasteiger partial charge in [0.15, 0.2) is 5.82 Å². The molecule has 1 aromatic carbocycles. The quantitative estimate of drug-likeness (QED) is 0.284. The Kier molecular flexibility index (Phi) is 7.31. The van der Waals surface area contributed by atoms with Crippen LogP contribution < -0.4 is 9.99 Å². The van der Waals surface area contributed by atoms with E-state index >= 15 is 0 Å². The van der Waals surface area contributed by atoms with Crippen LogP contribution in [0.15, 0.2) is 22.4 Å². The Hall–Kier alpha value is -2.29. The molecular weight excluding hydrogens is 429 g/mol. The second kappa shape index (κ2) is 9.52. The predicted molar refractivity (Wildman–Crippen MR) is 140 cm³/mol. The van der Waals surface area contributed by atoms with Crippen LogP contribution in [0.1, 0.15) is 77.6 Å². The van der Waals surface area contributed by atoms with Gasteiger partial charge in [0.2, 0.25) is 0 Å². The lowest BCUT2D eigenvalue weighted by molar-refractivity contribution is 0.381. The van der Waals surface area contributed by atoms with E-state index in [0.29, 0.717) is 30.5 Å². The van der Waals surface area contributed by atoms with Crippen molar-refractivity contribution in [2.75, 3.05) is 18.0 Å². The van der Waals surface area contributed by atoms with Crippen molar-refractivity contribution in [2.45, 2.75) is 85.2 Å². The third kappa shape index (κ3) is 4.98. The summed E-state index contributed by atoms with van der Waals surface area (Å²) in [5.41, 5.74) is 5.66. The first kappa shape index (κ1) is 25.3. The van der Waals surface area contributed by atoms with Gasteiger partial charge in [-0.2, -0.15) is 10.2 Å². The van der Waals surface area contributed by atoms with Gasteiger partial charge in [-0.25, -0.2) is 4.85 Å². The highest BCUT2D eigenvalue weighted by molar-refractivity contribution is 7.13. The number of azo groups is 1. The SMILES string of the molecule is [C-]#[N+]c1c(C(C)(C)C)nn(CCNP)c1/N=N/c1cc2c(cc1C)N(CC)C(C)(C)CC2C. The average molecular weight is 468 g/mol. The first-order valence-electron chi connectivity index (χ1n) is 11.7. The van der Waals surface area contributed by atoms with Gasteiger partial charge in [-0.3, -0.25) is 9.77 Å². The molecule has 2 aromatic rings. The van der Waals surface area contributed by atoms with Crippen molar-refractivity contribution < 1.29 is 0 Å². The first-order chi connectivity index (χ1) is 15.4. The van der Waals surface area contributed by atoms with Crippen LogP contribution in [0.2, 0.25) is 0 Å². The van der Waals surface area contributed by atoms with Gasteiger partial charge in [0.1, 0.15) is 0 Å². The number of nitrogens with one attached hydrogen (secondary N) is 1. The Labute approximate surface area is 201 Å². The van der Waals surface area contributed by atoms with Crippen molar-refractivity contribution in [3.8, 4) is 0 Å². The van der Waals surface area contributed by atoms with Crippen LogP contribution in [0.4, 0.5) is 22.9 Å². The summed E-state index contributed by atoms with van der Waals surface area (Å²) in [4.78, 5) is 6.29. The van der Waals surface area contributed by atoms with E-state index in [-0.39, 0.29) is 11.0 Å². The Morgan fingerprint density at radius 2 is 2.00 bits per heavy atom. The highest BCUT2D eigenvalue weighted by Gasteiger charge is 2.36. The summed E-state index contributed by atoms with van der Waals surface area (Å²) >= 11 is 0. The largest absolute Gasteiger partial charge is 0.366 e. The third-order valence-corrected chi connectivity index (χ3v) is 6.75. The molecule has 2 atom stereocenters. The Bertz CT molecular complexity index is 1090. The lowest BCUT2D eigenvalue weighted by Gasteiger charge is -2.47. The van der Waals surface area contributed by atoms with Gasteiger partial charge in [0.25, 0.3) is 5.69 Å². The number of hydrogen-bond acceptors (Lipinski definition) is 5. The highest BCUT2D eigenvalue weighted by Crippen LogP contribution is 2.46. The minimum atomic E-state index is -0.253. The van der Waals surface area contributed by atoms with Crippen LogP contribution in [0.5, 0.6) is 0 Å². The summed E-state index contributed by atoms with van der Waals surface area (Å²) in [6, 6.07) is 4.43. The van der Waals surface area contributed by atoms with Gasteiger partial charge >= 0.3 is 0 Å². The molecule has 1 N–H and O–H groups in total. The average Bonchev–Trinajstić information content (AvgIpc) is 3.08. The van der Waals surface area contributed by atoms with Crippen molar-refractivity contribution >= 4 is 32.3 Å². The second-order valence-electron chi connectivity index (χ2n) is 10.6. The van der Waals surface area contributed by atoms with Gasteiger partial charge in [0, 0.05) is 24.3 Å². The summed E-state index contributed by atoms with van der Waals surface area (Å²) in [6.07, 6.45) is 1.10. The number of rotatable bonds is 6. The van der Waals surface area contributed by atoms with E-state index in [2.05, 4.69) is 102 Å². The molecule has 3 rings (SSSR count). The molecule has 0 saturated carbocycles. The molecule has 1 aromatic heterocycles. The molecule has 8 heteroatoms. The Balaban J connectivity index is 2.09. The third-order valence-electron chi connectivity index (χ3n) is 6.46. The monoisotopic (exact) mass is 467 g/mol. The Morgan fingerprint density at radius 1 is 1.30 bits per heavy atom. The number of anilines is 1. The number of aryl methyl sites for hydroxylation is 1. The summed E-state index contributed by atoms with van der Waals surface area (Å²) < 4.78 is 1.80. The van der Waals surface area contributed by atoms with E-state index in [1.807, 2.05) is 0 Å². The van der Waals surface area contributed by atoms with E-state index in [0.717, 1.165) is 29.9 Å². The molecule has 2 heterocycles. The second-order valence-corrected chi connectivity index (χ2v) is 11.0. The Morgan fingerprint density at radius 3 is 2.58 bits per heavy atom. The van der Waals surface area contributed by atoms with Gasteiger partial charge in [-0.05, 0) is 68.7 Å². The number of aromatic nitrogens is 2. The molecule has 0 fully saturated rings. The predicted octanol–water partition coefficient (Wildman–Crippen LogP) is 6.95. The fraction of sp³-hybridized carbons (Fsp3) is 0.600. The smallest absolute Gasteiger partial charge is 0.255 e. The molecule has 178 valence electrons. The minimum Gasteiger partial charge on any atom is -0.366 e. The van der Waals surface area contributed by atoms with Crippen molar-refractivity contribution in [1.29, 1.82) is 0 Å². The minimum absolute atomic E-state index is 0.128. The lowest BCUT2D eigenvalue weighted by atomic mass is 9.79. The summed E-state index contributed by atoms with van der Waals surface area (Å²) in [7, 11) is 2.50. The van der Waals surface area contributed by atoms with Crippen LogP contribution in [0.3, 0.4) is 0 Å². The molecule has 7 nitrogen and oxygen atoms in total. The summed E-state index contributed by atoms with van der Waals surface area (Å²) in [5, 5.41) is 17.1. The van der Waals surface area contributed by atoms with E-state index < -0.39 is 0 Å². The molecule has 0 saturated heterocycles. The molecule has 0 bridgehead atoms. The van der Waals surface area contributed by atoms with Crippen LogP contribution >= 0.6 is 9.39 Å². The maximum atomic E-state index is 7.80. The fourth-order valence-corrected chi connectivity index (χ4v) is 5.03. The van der Waals surface area contributed by atoms with Crippen LogP contribution in [0.25, 0.3) is 4.85 Å². The molecule has 33 heavy (non-hydrogen) atoms. The van der Waals surface area contributed by atoms with E-state index in [1.54, 1.807) is 4.68 Å². The zero-order valence-electron chi connectivity index (χ0n) is 21.3. The molecule has 1 aliphatic rings. The van der Waals surface area contributed by atoms with Crippen molar-refractivity contribution in [3.05, 3.63) is 40.4 Å². The maximum Gasteiger partial charge on any atom is 0.255 e. The lowest BCUT2D eigenvalue weighted by Crippen LogP contribution is -2.48. The molecule has 0 spiro atoms. The number of nitrogens with zero attached hydrogens (tertiary/aromatic N) is 6. The van der Waals surface area contributed by atoms with Gasteiger partial charge < -0.3 is 4.90 Å². The standard InChI is InChI=1S/C25H38N7P/c1-10-31-20-13-16(2)19(14-18(20)17(3)15-25(31,7)8)28-29-23-21(26-9)22(24(4,5)6)30-32(23)12-11-27-33/h13-14,17,27H,10-12,15,33H2,1-8H3/b29-28+. The molecule has 0 radical (unpaired) electrons. The molecular formula is C25H38N7P. The molecule has 1 aliphatic heterocycles. The van der Waals surface area contributed by atoms with Gasteiger partial charge in [0.05, 0.1) is 24.5 Å².